The quantitative estimate of drug-likeness (QED) is 0.870. The van der Waals surface area contributed by atoms with Crippen molar-refractivity contribution < 1.29 is 0 Å². The Kier molecular flexibility index (Phi) is 6.76. The van der Waals surface area contributed by atoms with Crippen LogP contribution in [0.4, 0.5) is 0 Å². The van der Waals surface area contributed by atoms with Gasteiger partial charge in [0.25, 0.3) is 0 Å². The van der Waals surface area contributed by atoms with E-state index in [0.29, 0.717) is 6.54 Å². The average molecular weight is 257 g/mol. The van der Waals surface area contributed by atoms with E-state index < -0.39 is 0 Å². The highest BCUT2D eigenvalue weighted by molar-refractivity contribution is 5.85. The Morgan fingerprint density at radius 1 is 1.12 bits per heavy atom. The van der Waals surface area contributed by atoms with Gasteiger partial charge >= 0.3 is 0 Å². The molecule has 0 saturated heterocycles. The Morgan fingerprint density at radius 2 is 1.65 bits per heavy atom. The highest BCUT2D eigenvalue weighted by atomic mass is 35.5. The van der Waals surface area contributed by atoms with Gasteiger partial charge in [-0.2, -0.15) is 0 Å². The van der Waals surface area contributed by atoms with Crippen molar-refractivity contribution in [2.75, 3.05) is 6.54 Å². The van der Waals surface area contributed by atoms with Crippen molar-refractivity contribution >= 4 is 12.4 Å². The summed E-state index contributed by atoms with van der Waals surface area (Å²) in [7, 11) is 0. The zero-order valence-corrected chi connectivity index (χ0v) is 11.9. The lowest BCUT2D eigenvalue weighted by molar-refractivity contribution is 0.587. The Labute approximate surface area is 111 Å². The summed E-state index contributed by atoms with van der Waals surface area (Å²) in [5.74, 6) is 0. The SMILES string of the molecule is CC(C)(C)c1ccc([C@@H](N)CCCN)cc1.Cl. The molecule has 1 rings (SSSR count). The molecule has 0 aliphatic rings. The van der Waals surface area contributed by atoms with Crippen LogP contribution in [0.3, 0.4) is 0 Å². The molecule has 0 heterocycles. The summed E-state index contributed by atoms with van der Waals surface area (Å²) in [4.78, 5) is 0. The van der Waals surface area contributed by atoms with Gasteiger partial charge in [0.15, 0.2) is 0 Å². The molecule has 2 nitrogen and oxygen atoms in total. The maximum absolute atomic E-state index is 6.08. The predicted octanol–water partition coefficient (Wildman–Crippen LogP) is 3.14. The molecule has 0 aromatic heterocycles. The first-order chi connectivity index (χ1) is 7.45. The highest BCUT2D eigenvalue weighted by Crippen LogP contribution is 2.24. The van der Waals surface area contributed by atoms with Crippen LogP contribution in [0.15, 0.2) is 24.3 Å². The first-order valence-corrected chi connectivity index (χ1v) is 6.01. The molecule has 0 aliphatic carbocycles. The van der Waals surface area contributed by atoms with Crippen LogP contribution in [0.25, 0.3) is 0 Å². The Balaban J connectivity index is 0.00000256. The molecule has 0 radical (unpaired) electrons. The van der Waals surface area contributed by atoms with Crippen LogP contribution in [0.1, 0.15) is 50.8 Å². The number of nitrogens with two attached hydrogens (primary N) is 2. The van der Waals surface area contributed by atoms with Crippen molar-refractivity contribution in [2.24, 2.45) is 11.5 Å². The van der Waals surface area contributed by atoms with Gasteiger partial charge in [0.05, 0.1) is 0 Å². The second-order valence-corrected chi connectivity index (χ2v) is 5.41. The molecule has 4 N–H and O–H groups in total. The van der Waals surface area contributed by atoms with Crippen LogP contribution in [0.2, 0.25) is 0 Å². The largest absolute Gasteiger partial charge is 0.330 e. The molecule has 1 aromatic rings. The monoisotopic (exact) mass is 256 g/mol. The van der Waals surface area contributed by atoms with Crippen LogP contribution in [0, 0.1) is 0 Å². The number of benzene rings is 1. The molecule has 17 heavy (non-hydrogen) atoms. The van der Waals surface area contributed by atoms with E-state index in [1.165, 1.54) is 11.1 Å². The second kappa shape index (κ2) is 7.00. The van der Waals surface area contributed by atoms with Gasteiger partial charge in [-0.25, -0.2) is 0 Å². The molecule has 3 heteroatoms. The minimum atomic E-state index is 0. The molecular weight excluding hydrogens is 232 g/mol. The van der Waals surface area contributed by atoms with Crippen molar-refractivity contribution in [3.8, 4) is 0 Å². The summed E-state index contributed by atoms with van der Waals surface area (Å²) in [5, 5.41) is 0. The molecule has 1 aromatic carbocycles. The fraction of sp³-hybridized carbons (Fsp3) is 0.571. The molecule has 98 valence electrons. The van der Waals surface area contributed by atoms with Gasteiger partial charge < -0.3 is 11.5 Å². The summed E-state index contributed by atoms with van der Waals surface area (Å²) in [6.45, 7) is 7.37. The van der Waals surface area contributed by atoms with Gasteiger partial charge in [-0.15, -0.1) is 12.4 Å². The maximum Gasteiger partial charge on any atom is 0.0295 e. The number of hydrogen-bond acceptors (Lipinski definition) is 2. The van der Waals surface area contributed by atoms with Crippen molar-refractivity contribution in [2.45, 2.75) is 45.1 Å². The van der Waals surface area contributed by atoms with Crippen LogP contribution in [-0.4, -0.2) is 6.54 Å². The first-order valence-electron chi connectivity index (χ1n) is 6.01. The normalized spacial score (nSPS) is 13.0. The van der Waals surface area contributed by atoms with Crippen molar-refractivity contribution in [1.82, 2.24) is 0 Å². The predicted molar refractivity (Wildman–Crippen MR) is 77.6 cm³/mol. The number of hydrogen-bond donors (Lipinski definition) is 2. The topological polar surface area (TPSA) is 52.0 Å². The summed E-state index contributed by atoms with van der Waals surface area (Å²) in [6, 6.07) is 8.76. The lowest BCUT2D eigenvalue weighted by Gasteiger charge is -2.20. The van der Waals surface area contributed by atoms with Gasteiger partial charge in [0.1, 0.15) is 0 Å². The Hall–Kier alpha value is -0.570. The second-order valence-electron chi connectivity index (χ2n) is 5.41. The van der Waals surface area contributed by atoms with Gasteiger partial charge in [0, 0.05) is 6.04 Å². The van der Waals surface area contributed by atoms with Crippen molar-refractivity contribution in [1.29, 1.82) is 0 Å². The summed E-state index contributed by atoms with van der Waals surface area (Å²) in [5.41, 5.74) is 14.3. The molecule has 0 bridgehead atoms. The molecular formula is C14H25ClN2. The zero-order valence-electron chi connectivity index (χ0n) is 11.1. The van der Waals surface area contributed by atoms with Gasteiger partial charge in [-0.05, 0) is 35.9 Å². The van der Waals surface area contributed by atoms with E-state index in [1.807, 2.05) is 0 Å². The molecule has 0 fully saturated rings. The minimum absolute atomic E-state index is 0. The Bertz CT molecular complexity index is 314. The molecule has 0 saturated carbocycles. The number of halogens is 1. The summed E-state index contributed by atoms with van der Waals surface area (Å²) < 4.78 is 0. The van der Waals surface area contributed by atoms with Crippen LogP contribution in [0.5, 0.6) is 0 Å². The number of rotatable bonds is 4. The van der Waals surface area contributed by atoms with Gasteiger partial charge in [-0.1, -0.05) is 45.0 Å². The third-order valence-corrected chi connectivity index (χ3v) is 2.92. The molecule has 1 atom stereocenters. The molecule has 0 aliphatic heterocycles. The van der Waals surface area contributed by atoms with E-state index in [4.69, 9.17) is 11.5 Å². The highest BCUT2D eigenvalue weighted by Gasteiger charge is 2.13. The minimum Gasteiger partial charge on any atom is -0.330 e. The average Bonchev–Trinajstić information content (AvgIpc) is 2.25. The molecule has 0 spiro atoms. The van der Waals surface area contributed by atoms with Crippen LogP contribution >= 0.6 is 12.4 Å². The van der Waals surface area contributed by atoms with Crippen LogP contribution in [-0.2, 0) is 5.41 Å². The zero-order chi connectivity index (χ0) is 12.2. The van der Waals surface area contributed by atoms with Crippen molar-refractivity contribution in [3.05, 3.63) is 35.4 Å². The van der Waals surface area contributed by atoms with E-state index in [9.17, 15) is 0 Å². The van der Waals surface area contributed by atoms with Crippen LogP contribution < -0.4 is 11.5 Å². The molecule has 0 unspecified atom stereocenters. The van der Waals surface area contributed by atoms with Gasteiger partial charge in [0.2, 0.25) is 0 Å². The lowest BCUT2D eigenvalue weighted by atomic mass is 9.86. The third-order valence-electron chi connectivity index (χ3n) is 2.92. The van der Waals surface area contributed by atoms with E-state index in [2.05, 4.69) is 45.0 Å². The Morgan fingerprint density at radius 3 is 2.06 bits per heavy atom. The summed E-state index contributed by atoms with van der Waals surface area (Å²) in [6.07, 6.45) is 1.95. The molecule has 0 amide bonds. The first kappa shape index (κ1) is 16.4. The lowest BCUT2D eigenvalue weighted by Crippen LogP contribution is -2.14. The van der Waals surface area contributed by atoms with Crippen molar-refractivity contribution in [3.63, 3.8) is 0 Å². The van der Waals surface area contributed by atoms with E-state index in [1.54, 1.807) is 0 Å². The summed E-state index contributed by atoms with van der Waals surface area (Å²) >= 11 is 0. The third kappa shape index (κ3) is 5.07. The van der Waals surface area contributed by atoms with Gasteiger partial charge in [-0.3, -0.25) is 0 Å². The van der Waals surface area contributed by atoms with E-state index >= 15 is 0 Å². The van der Waals surface area contributed by atoms with E-state index in [0.717, 1.165) is 12.8 Å². The standard InChI is InChI=1S/C14H24N2.ClH/c1-14(2,3)12-8-6-11(7-9-12)13(16)5-4-10-15;/h6-9,13H,4-5,10,15-16H2,1-3H3;1H/t13-;/m0./s1. The van der Waals surface area contributed by atoms with E-state index in [-0.39, 0.29) is 23.9 Å². The maximum atomic E-state index is 6.08. The smallest absolute Gasteiger partial charge is 0.0295 e. The fourth-order valence-corrected chi connectivity index (χ4v) is 1.73. The fourth-order valence-electron chi connectivity index (χ4n) is 1.73.